The number of H-pyrrole nitrogens is 1. The lowest BCUT2D eigenvalue weighted by atomic mass is 10.3. The molecular formula is C11H14N4S. The van der Waals surface area contributed by atoms with Gasteiger partial charge in [-0.25, -0.2) is 9.97 Å². The standard InChI is InChI=1S/C11H14N4S/c1-16-6-9-14-10-8(4-5-12-10)11(15-9)13-7-2-3-7/h4-5,7H,2-3,6H2,1H3,(H2,12,13,14,15). The van der Waals surface area contributed by atoms with E-state index in [4.69, 9.17) is 0 Å². The Morgan fingerprint density at radius 1 is 1.50 bits per heavy atom. The van der Waals surface area contributed by atoms with Crippen molar-refractivity contribution in [3.8, 4) is 0 Å². The van der Waals surface area contributed by atoms with E-state index in [0.717, 1.165) is 28.4 Å². The predicted octanol–water partition coefficient (Wildman–Crippen LogP) is 2.40. The van der Waals surface area contributed by atoms with Gasteiger partial charge in [-0.3, -0.25) is 0 Å². The van der Waals surface area contributed by atoms with E-state index in [9.17, 15) is 0 Å². The zero-order valence-corrected chi connectivity index (χ0v) is 9.97. The van der Waals surface area contributed by atoms with E-state index in [1.54, 1.807) is 11.8 Å². The van der Waals surface area contributed by atoms with Crippen LogP contribution in [-0.4, -0.2) is 27.2 Å². The quantitative estimate of drug-likeness (QED) is 0.853. The molecule has 16 heavy (non-hydrogen) atoms. The van der Waals surface area contributed by atoms with Gasteiger partial charge in [0.15, 0.2) is 0 Å². The molecule has 1 fully saturated rings. The summed E-state index contributed by atoms with van der Waals surface area (Å²) in [7, 11) is 0. The van der Waals surface area contributed by atoms with E-state index in [0.29, 0.717) is 6.04 Å². The van der Waals surface area contributed by atoms with Gasteiger partial charge in [-0.05, 0) is 25.2 Å². The molecule has 0 aromatic carbocycles. The van der Waals surface area contributed by atoms with Crippen molar-refractivity contribution < 1.29 is 0 Å². The fourth-order valence-corrected chi connectivity index (χ4v) is 2.10. The molecule has 1 saturated carbocycles. The second-order valence-electron chi connectivity index (χ2n) is 4.08. The first-order valence-corrected chi connectivity index (χ1v) is 6.85. The van der Waals surface area contributed by atoms with Gasteiger partial charge in [0.2, 0.25) is 0 Å². The molecule has 0 atom stereocenters. The van der Waals surface area contributed by atoms with Crippen molar-refractivity contribution in [3.63, 3.8) is 0 Å². The minimum atomic E-state index is 0.620. The van der Waals surface area contributed by atoms with Crippen molar-refractivity contribution in [2.45, 2.75) is 24.6 Å². The second-order valence-corrected chi connectivity index (χ2v) is 4.95. The lowest BCUT2D eigenvalue weighted by Crippen LogP contribution is -2.06. The van der Waals surface area contributed by atoms with Crippen molar-refractivity contribution in [2.24, 2.45) is 0 Å². The molecule has 0 unspecified atom stereocenters. The summed E-state index contributed by atoms with van der Waals surface area (Å²) in [5.74, 6) is 2.73. The summed E-state index contributed by atoms with van der Waals surface area (Å²) in [5, 5.41) is 4.56. The van der Waals surface area contributed by atoms with E-state index in [1.807, 2.05) is 12.3 Å². The van der Waals surface area contributed by atoms with Crippen LogP contribution in [0.15, 0.2) is 12.3 Å². The molecular weight excluding hydrogens is 220 g/mol. The summed E-state index contributed by atoms with van der Waals surface area (Å²) >= 11 is 1.74. The molecule has 2 heterocycles. The molecule has 0 radical (unpaired) electrons. The highest BCUT2D eigenvalue weighted by atomic mass is 32.2. The third-order valence-corrected chi connectivity index (χ3v) is 3.20. The summed E-state index contributed by atoms with van der Waals surface area (Å²) < 4.78 is 0. The van der Waals surface area contributed by atoms with Crippen LogP contribution in [0.5, 0.6) is 0 Å². The fraction of sp³-hybridized carbons (Fsp3) is 0.455. The van der Waals surface area contributed by atoms with Gasteiger partial charge >= 0.3 is 0 Å². The van der Waals surface area contributed by atoms with E-state index in [2.05, 4.69) is 26.5 Å². The molecule has 2 N–H and O–H groups in total. The van der Waals surface area contributed by atoms with Crippen molar-refractivity contribution in [1.82, 2.24) is 15.0 Å². The van der Waals surface area contributed by atoms with E-state index in [-0.39, 0.29) is 0 Å². The molecule has 1 aliphatic rings. The zero-order valence-electron chi connectivity index (χ0n) is 9.16. The normalized spacial score (nSPS) is 15.6. The number of thioether (sulfide) groups is 1. The molecule has 0 spiro atoms. The van der Waals surface area contributed by atoms with Crippen LogP contribution in [0.1, 0.15) is 18.7 Å². The number of anilines is 1. The minimum absolute atomic E-state index is 0.620. The lowest BCUT2D eigenvalue weighted by molar-refractivity contribution is 1.03. The third-order valence-electron chi connectivity index (χ3n) is 2.65. The Kier molecular flexibility index (Phi) is 2.47. The summed E-state index contributed by atoms with van der Waals surface area (Å²) in [5.41, 5.74) is 0.933. The van der Waals surface area contributed by atoms with Crippen molar-refractivity contribution >= 4 is 28.6 Å². The van der Waals surface area contributed by atoms with E-state index in [1.165, 1.54) is 12.8 Å². The summed E-state index contributed by atoms with van der Waals surface area (Å²) in [6.07, 6.45) is 6.50. The van der Waals surface area contributed by atoms with Gasteiger partial charge in [-0.2, -0.15) is 11.8 Å². The van der Waals surface area contributed by atoms with Crippen LogP contribution in [0.2, 0.25) is 0 Å². The monoisotopic (exact) mass is 234 g/mol. The molecule has 84 valence electrons. The number of rotatable bonds is 4. The van der Waals surface area contributed by atoms with Gasteiger partial charge in [-0.1, -0.05) is 0 Å². The highest BCUT2D eigenvalue weighted by Gasteiger charge is 2.22. The van der Waals surface area contributed by atoms with Gasteiger partial charge < -0.3 is 10.3 Å². The van der Waals surface area contributed by atoms with Crippen LogP contribution in [0.25, 0.3) is 11.0 Å². The highest BCUT2D eigenvalue weighted by Crippen LogP contribution is 2.28. The van der Waals surface area contributed by atoms with Crippen molar-refractivity contribution in [1.29, 1.82) is 0 Å². The lowest BCUT2D eigenvalue weighted by Gasteiger charge is -2.06. The van der Waals surface area contributed by atoms with Crippen LogP contribution in [0, 0.1) is 0 Å². The molecule has 0 aliphatic heterocycles. The number of hydrogen-bond acceptors (Lipinski definition) is 4. The molecule has 5 heteroatoms. The molecule has 3 rings (SSSR count). The Balaban J connectivity index is 2.02. The van der Waals surface area contributed by atoms with Gasteiger partial charge in [0.25, 0.3) is 0 Å². The summed E-state index contributed by atoms with van der Waals surface area (Å²) in [4.78, 5) is 12.2. The maximum Gasteiger partial charge on any atom is 0.143 e. The number of aromatic nitrogens is 3. The predicted molar refractivity (Wildman–Crippen MR) is 67.8 cm³/mol. The number of hydrogen-bond donors (Lipinski definition) is 2. The van der Waals surface area contributed by atoms with Gasteiger partial charge in [-0.15, -0.1) is 0 Å². The molecule has 2 aromatic heterocycles. The molecule has 2 aromatic rings. The Bertz CT molecular complexity index is 504. The van der Waals surface area contributed by atoms with Crippen molar-refractivity contribution in [3.05, 3.63) is 18.1 Å². The second kappa shape index (κ2) is 3.97. The Labute approximate surface area is 98.3 Å². The number of fused-ring (bicyclic) bond motifs is 1. The SMILES string of the molecule is CSCc1nc(NC2CC2)c2cc[nH]c2n1. The van der Waals surface area contributed by atoms with Gasteiger partial charge in [0, 0.05) is 12.2 Å². The molecule has 0 saturated heterocycles. The van der Waals surface area contributed by atoms with Crippen LogP contribution in [0.4, 0.5) is 5.82 Å². The number of nitrogens with one attached hydrogen (secondary N) is 2. The average Bonchev–Trinajstić information content (AvgIpc) is 2.95. The molecule has 0 bridgehead atoms. The van der Waals surface area contributed by atoms with Crippen molar-refractivity contribution in [2.75, 3.05) is 11.6 Å². The molecule has 0 amide bonds. The Hall–Kier alpha value is -1.23. The maximum atomic E-state index is 4.58. The first-order chi connectivity index (χ1) is 7.86. The van der Waals surface area contributed by atoms with Crippen LogP contribution in [-0.2, 0) is 5.75 Å². The van der Waals surface area contributed by atoms with Gasteiger partial charge in [0.1, 0.15) is 17.3 Å². The van der Waals surface area contributed by atoms with E-state index >= 15 is 0 Å². The number of aromatic amines is 1. The largest absolute Gasteiger partial charge is 0.367 e. The van der Waals surface area contributed by atoms with Crippen LogP contribution < -0.4 is 5.32 Å². The smallest absolute Gasteiger partial charge is 0.143 e. The summed E-state index contributed by atoms with van der Waals surface area (Å²) in [6.45, 7) is 0. The third kappa shape index (κ3) is 1.87. The maximum absolute atomic E-state index is 4.58. The molecule has 1 aliphatic carbocycles. The van der Waals surface area contributed by atoms with Gasteiger partial charge in [0.05, 0.1) is 11.1 Å². The zero-order chi connectivity index (χ0) is 11.0. The van der Waals surface area contributed by atoms with E-state index < -0.39 is 0 Å². The first kappa shape index (κ1) is 9.96. The van der Waals surface area contributed by atoms with Crippen LogP contribution in [0.3, 0.4) is 0 Å². The Morgan fingerprint density at radius 3 is 3.12 bits per heavy atom. The highest BCUT2D eigenvalue weighted by molar-refractivity contribution is 7.97. The minimum Gasteiger partial charge on any atom is -0.367 e. The number of nitrogens with zero attached hydrogens (tertiary/aromatic N) is 2. The summed E-state index contributed by atoms with van der Waals surface area (Å²) in [6, 6.07) is 2.65. The first-order valence-electron chi connectivity index (χ1n) is 5.46. The fourth-order valence-electron chi connectivity index (χ4n) is 1.71. The average molecular weight is 234 g/mol. The Morgan fingerprint density at radius 2 is 2.38 bits per heavy atom. The van der Waals surface area contributed by atoms with Crippen LogP contribution >= 0.6 is 11.8 Å². The topological polar surface area (TPSA) is 53.6 Å². The molecule has 4 nitrogen and oxygen atoms in total.